The van der Waals surface area contributed by atoms with Crippen LogP contribution in [-0.4, -0.2) is 39.5 Å². The summed E-state index contributed by atoms with van der Waals surface area (Å²) in [7, 11) is -1.33. The molecular formula is C11H17BrN2O2S2. The van der Waals surface area contributed by atoms with E-state index in [2.05, 4.69) is 25.6 Å². The van der Waals surface area contributed by atoms with Gasteiger partial charge in [0.15, 0.2) is 0 Å². The fourth-order valence-electron chi connectivity index (χ4n) is 1.83. The lowest BCUT2D eigenvalue weighted by atomic mass is 10.5. The van der Waals surface area contributed by atoms with Crippen LogP contribution in [0.2, 0.25) is 0 Å². The van der Waals surface area contributed by atoms with Crippen LogP contribution in [0.25, 0.3) is 0 Å². The number of sulfonamides is 1. The van der Waals surface area contributed by atoms with Crippen LogP contribution >= 0.6 is 27.3 Å². The number of nitrogens with zero attached hydrogens (tertiary/aromatic N) is 1. The summed E-state index contributed by atoms with van der Waals surface area (Å²) in [5.74, 6) is 0. The Labute approximate surface area is 121 Å². The number of aryl methyl sites for hydroxylation is 1. The largest absolute Gasteiger partial charge is 0.302 e. The fraction of sp³-hybridized carbons (Fsp3) is 0.636. The van der Waals surface area contributed by atoms with E-state index in [0.717, 1.165) is 15.2 Å². The van der Waals surface area contributed by atoms with Crippen LogP contribution in [0, 0.1) is 6.92 Å². The Morgan fingerprint density at radius 2 is 2.22 bits per heavy atom. The molecule has 0 bridgehead atoms. The quantitative estimate of drug-likeness (QED) is 0.853. The van der Waals surface area contributed by atoms with Gasteiger partial charge in [-0.2, -0.15) is 0 Å². The number of nitrogens with one attached hydrogen (secondary N) is 1. The molecule has 1 aliphatic carbocycles. The van der Waals surface area contributed by atoms with E-state index in [9.17, 15) is 8.42 Å². The molecule has 1 heterocycles. The molecule has 0 radical (unpaired) electrons. The minimum atomic E-state index is -3.37. The summed E-state index contributed by atoms with van der Waals surface area (Å²) in [5.41, 5.74) is 0. The Kier molecular flexibility index (Phi) is 4.48. The van der Waals surface area contributed by atoms with E-state index in [0.29, 0.717) is 17.5 Å². The van der Waals surface area contributed by atoms with Gasteiger partial charge in [-0.3, -0.25) is 0 Å². The van der Waals surface area contributed by atoms with E-state index in [1.54, 1.807) is 6.07 Å². The molecule has 1 aliphatic rings. The predicted octanol–water partition coefficient (Wildman–Crippen LogP) is 2.19. The Hall–Kier alpha value is 0.0500. The van der Waals surface area contributed by atoms with Gasteiger partial charge in [0, 0.05) is 24.0 Å². The highest BCUT2D eigenvalue weighted by molar-refractivity contribution is 9.11. The van der Waals surface area contributed by atoms with Crippen molar-refractivity contribution in [2.45, 2.75) is 30.7 Å². The number of halogens is 1. The number of rotatable bonds is 6. The molecule has 0 aromatic carbocycles. The normalized spacial score (nSPS) is 16.4. The molecule has 0 unspecified atom stereocenters. The second-order valence-electron chi connectivity index (χ2n) is 4.58. The van der Waals surface area contributed by atoms with E-state index >= 15 is 0 Å². The highest BCUT2D eigenvalue weighted by atomic mass is 79.9. The van der Waals surface area contributed by atoms with Crippen molar-refractivity contribution in [2.24, 2.45) is 0 Å². The molecule has 1 saturated carbocycles. The molecule has 0 amide bonds. The molecule has 2 rings (SSSR count). The maximum Gasteiger partial charge on any atom is 0.241 e. The number of hydrogen-bond donors (Lipinski definition) is 1. The van der Waals surface area contributed by atoms with Crippen molar-refractivity contribution in [3.05, 3.63) is 14.7 Å². The first kappa shape index (κ1) is 14.5. The first-order valence-corrected chi connectivity index (χ1v) is 8.95. The van der Waals surface area contributed by atoms with Gasteiger partial charge in [-0.15, -0.1) is 11.3 Å². The standard InChI is InChI=1S/C11H17BrN2O2S2/c1-8-10(7-11(12)17-8)18(15,16)13-5-6-14(2)9-3-4-9/h7,9,13H,3-6H2,1-2H3. The molecule has 0 atom stereocenters. The van der Waals surface area contributed by atoms with Crippen LogP contribution in [-0.2, 0) is 10.0 Å². The van der Waals surface area contributed by atoms with Crippen molar-refractivity contribution in [3.8, 4) is 0 Å². The SMILES string of the molecule is Cc1sc(Br)cc1S(=O)(=O)NCCN(C)C1CC1. The van der Waals surface area contributed by atoms with Gasteiger partial charge in [0.2, 0.25) is 10.0 Å². The smallest absolute Gasteiger partial charge is 0.241 e. The second kappa shape index (κ2) is 5.58. The van der Waals surface area contributed by atoms with E-state index in [1.807, 2.05) is 14.0 Å². The lowest BCUT2D eigenvalue weighted by Gasteiger charge is -2.15. The molecule has 4 nitrogen and oxygen atoms in total. The molecule has 0 spiro atoms. The van der Waals surface area contributed by atoms with Crippen LogP contribution in [0.3, 0.4) is 0 Å². The van der Waals surface area contributed by atoms with Gasteiger partial charge in [0.25, 0.3) is 0 Å². The molecule has 1 aromatic rings. The maximum absolute atomic E-state index is 12.1. The first-order valence-electron chi connectivity index (χ1n) is 5.86. The van der Waals surface area contributed by atoms with Gasteiger partial charge >= 0.3 is 0 Å². The van der Waals surface area contributed by atoms with Crippen molar-refractivity contribution in [2.75, 3.05) is 20.1 Å². The van der Waals surface area contributed by atoms with E-state index < -0.39 is 10.0 Å². The summed E-state index contributed by atoms with van der Waals surface area (Å²) < 4.78 is 27.7. The summed E-state index contributed by atoms with van der Waals surface area (Å²) in [6.45, 7) is 3.04. The number of likely N-dealkylation sites (N-methyl/N-ethyl adjacent to an activating group) is 1. The third kappa shape index (κ3) is 3.54. The van der Waals surface area contributed by atoms with E-state index in [4.69, 9.17) is 0 Å². The lowest BCUT2D eigenvalue weighted by molar-refractivity contribution is 0.329. The van der Waals surface area contributed by atoms with Gasteiger partial charge in [-0.05, 0) is 48.8 Å². The van der Waals surface area contributed by atoms with Crippen molar-refractivity contribution in [3.63, 3.8) is 0 Å². The molecule has 0 aliphatic heterocycles. The van der Waals surface area contributed by atoms with Crippen LogP contribution in [0.1, 0.15) is 17.7 Å². The van der Waals surface area contributed by atoms with E-state index in [1.165, 1.54) is 24.2 Å². The summed E-state index contributed by atoms with van der Waals surface area (Å²) >= 11 is 4.75. The summed E-state index contributed by atoms with van der Waals surface area (Å²) in [6.07, 6.45) is 2.47. The van der Waals surface area contributed by atoms with Crippen LogP contribution in [0.4, 0.5) is 0 Å². The zero-order valence-corrected chi connectivity index (χ0v) is 13.7. The third-order valence-electron chi connectivity index (χ3n) is 3.06. The molecule has 102 valence electrons. The summed E-state index contributed by atoms with van der Waals surface area (Å²) in [4.78, 5) is 3.40. The van der Waals surface area contributed by atoms with Crippen molar-refractivity contribution in [1.82, 2.24) is 9.62 Å². The van der Waals surface area contributed by atoms with Gasteiger partial charge < -0.3 is 4.90 Å². The Morgan fingerprint density at radius 1 is 1.56 bits per heavy atom. The molecule has 18 heavy (non-hydrogen) atoms. The minimum absolute atomic E-state index is 0.383. The molecule has 0 saturated heterocycles. The van der Waals surface area contributed by atoms with Crippen LogP contribution < -0.4 is 4.72 Å². The molecule has 1 aromatic heterocycles. The van der Waals surface area contributed by atoms with Gasteiger partial charge in [0.05, 0.1) is 8.68 Å². The topological polar surface area (TPSA) is 49.4 Å². The van der Waals surface area contributed by atoms with Crippen molar-refractivity contribution in [1.29, 1.82) is 0 Å². The monoisotopic (exact) mass is 352 g/mol. The van der Waals surface area contributed by atoms with Crippen molar-refractivity contribution >= 4 is 37.3 Å². The van der Waals surface area contributed by atoms with Crippen molar-refractivity contribution < 1.29 is 8.42 Å². The Balaban J connectivity index is 1.92. The van der Waals surface area contributed by atoms with Crippen LogP contribution in [0.15, 0.2) is 14.7 Å². The fourth-order valence-corrected chi connectivity index (χ4v) is 5.26. The average molecular weight is 353 g/mol. The first-order chi connectivity index (χ1) is 8.40. The maximum atomic E-state index is 12.1. The van der Waals surface area contributed by atoms with Gasteiger partial charge in [0.1, 0.15) is 0 Å². The van der Waals surface area contributed by atoms with E-state index in [-0.39, 0.29) is 0 Å². The second-order valence-corrected chi connectivity index (χ2v) is 8.95. The van der Waals surface area contributed by atoms with Gasteiger partial charge in [-0.1, -0.05) is 0 Å². The number of hydrogen-bond acceptors (Lipinski definition) is 4. The molecule has 7 heteroatoms. The molecular weight excluding hydrogens is 336 g/mol. The summed E-state index contributed by atoms with van der Waals surface area (Å²) in [5, 5.41) is 0. The number of thiophene rings is 1. The highest BCUT2D eigenvalue weighted by Crippen LogP contribution is 2.29. The average Bonchev–Trinajstić information content (AvgIpc) is 3.04. The summed E-state index contributed by atoms with van der Waals surface area (Å²) in [6, 6.07) is 2.32. The predicted molar refractivity (Wildman–Crippen MR) is 77.6 cm³/mol. The Morgan fingerprint density at radius 3 is 2.72 bits per heavy atom. The zero-order chi connectivity index (χ0) is 13.3. The highest BCUT2D eigenvalue weighted by Gasteiger charge is 2.26. The van der Waals surface area contributed by atoms with Gasteiger partial charge in [-0.25, -0.2) is 13.1 Å². The zero-order valence-electron chi connectivity index (χ0n) is 10.4. The third-order valence-corrected chi connectivity index (χ3v) is 6.33. The lowest BCUT2D eigenvalue weighted by Crippen LogP contribution is -2.34. The molecule has 1 N–H and O–H groups in total. The molecule has 1 fully saturated rings. The minimum Gasteiger partial charge on any atom is -0.302 e. The van der Waals surface area contributed by atoms with Crippen LogP contribution in [0.5, 0.6) is 0 Å². The Bertz CT molecular complexity index is 523.